The van der Waals surface area contributed by atoms with Gasteiger partial charge in [0.15, 0.2) is 0 Å². The van der Waals surface area contributed by atoms with Crippen LogP contribution in [0.1, 0.15) is 19.4 Å². The smallest absolute Gasteiger partial charge is 0.236 e. The van der Waals surface area contributed by atoms with E-state index in [2.05, 4.69) is 52.2 Å². The highest BCUT2D eigenvalue weighted by molar-refractivity contribution is 7.80. The van der Waals surface area contributed by atoms with Crippen LogP contribution < -0.4 is 5.32 Å². The Balaban J connectivity index is 0.000000950. The molecule has 0 fully saturated rings. The van der Waals surface area contributed by atoms with Gasteiger partial charge in [-0.3, -0.25) is 4.57 Å². The van der Waals surface area contributed by atoms with Gasteiger partial charge >= 0.3 is 0 Å². The van der Waals surface area contributed by atoms with Crippen molar-refractivity contribution in [1.82, 2.24) is 14.5 Å². The molecule has 4 aromatic rings. The Morgan fingerprint density at radius 3 is 2.43 bits per heavy atom. The standard InChI is InChI=1S/C19H16N4S.C2H6.2H2O/c24-17-8-4-2-6-15(17)13-21-18-9-11-20-19(22-18)23-12-10-14-5-1-3-7-16(14)23;1-2;;/h1-12,24H,13H2,(H,20,21,22);1-2H3;2*1H2. The van der Waals surface area contributed by atoms with E-state index in [1.807, 2.05) is 61.0 Å². The number of thiol groups is 1. The summed E-state index contributed by atoms with van der Waals surface area (Å²) >= 11 is 4.48. The van der Waals surface area contributed by atoms with Gasteiger partial charge in [-0.2, -0.15) is 4.98 Å². The molecule has 28 heavy (non-hydrogen) atoms. The lowest BCUT2D eigenvalue weighted by Crippen LogP contribution is -2.06. The maximum Gasteiger partial charge on any atom is 0.236 e. The summed E-state index contributed by atoms with van der Waals surface area (Å²) in [7, 11) is 0. The van der Waals surface area contributed by atoms with Gasteiger partial charge in [0.2, 0.25) is 5.95 Å². The van der Waals surface area contributed by atoms with Crippen LogP contribution in [0.3, 0.4) is 0 Å². The maximum atomic E-state index is 4.63. The van der Waals surface area contributed by atoms with Gasteiger partial charge in [-0.05, 0) is 29.8 Å². The van der Waals surface area contributed by atoms with Gasteiger partial charge in [-0.1, -0.05) is 50.2 Å². The Kier molecular flexibility index (Phi) is 9.17. The maximum absolute atomic E-state index is 4.63. The highest BCUT2D eigenvalue weighted by atomic mass is 32.1. The van der Waals surface area contributed by atoms with E-state index in [1.54, 1.807) is 6.20 Å². The Bertz CT molecular complexity index is 1000. The molecule has 0 aliphatic rings. The van der Waals surface area contributed by atoms with Crippen LogP contribution in [0.15, 0.2) is 78.0 Å². The first kappa shape index (κ1) is 23.2. The Morgan fingerprint density at radius 1 is 0.929 bits per heavy atom. The molecule has 0 bridgehead atoms. The van der Waals surface area contributed by atoms with E-state index in [-0.39, 0.29) is 11.0 Å². The molecule has 0 radical (unpaired) electrons. The molecule has 5 N–H and O–H groups in total. The fraction of sp³-hybridized carbons (Fsp3) is 0.143. The van der Waals surface area contributed by atoms with Crippen molar-refractivity contribution in [2.24, 2.45) is 0 Å². The van der Waals surface area contributed by atoms with Crippen LogP contribution in [-0.4, -0.2) is 25.5 Å². The zero-order chi connectivity index (χ0) is 18.4. The number of para-hydroxylation sites is 1. The van der Waals surface area contributed by atoms with Crippen LogP contribution in [0.2, 0.25) is 0 Å². The molecule has 148 valence electrons. The zero-order valence-corrected chi connectivity index (χ0v) is 16.8. The SMILES string of the molecule is CC.O.O.Sc1ccccc1CNc1ccnc(-n2ccc3ccccc32)n1. The third-order valence-corrected chi connectivity index (χ3v) is 4.35. The van der Waals surface area contributed by atoms with E-state index in [4.69, 9.17) is 0 Å². The van der Waals surface area contributed by atoms with E-state index >= 15 is 0 Å². The average molecular weight is 399 g/mol. The van der Waals surface area contributed by atoms with Gasteiger partial charge in [0, 0.05) is 29.2 Å². The molecule has 0 atom stereocenters. The average Bonchev–Trinajstić information content (AvgIpc) is 3.13. The number of hydrogen-bond acceptors (Lipinski definition) is 4. The summed E-state index contributed by atoms with van der Waals surface area (Å²) in [6.07, 6.45) is 3.76. The van der Waals surface area contributed by atoms with E-state index < -0.39 is 0 Å². The molecule has 0 saturated heterocycles. The van der Waals surface area contributed by atoms with Gasteiger partial charge in [-0.15, -0.1) is 12.6 Å². The number of nitrogens with zero attached hydrogens (tertiary/aromatic N) is 3. The summed E-state index contributed by atoms with van der Waals surface area (Å²) in [5, 5.41) is 4.51. The number of nitrogens with one attached hydrogen (secondary N) is 1. The monoisotopic (exact) mass is 398 g/mol. The van der Waals surface area contributed by atoms with Gasteiger partial charge in [0.05, 0.1) is 5.52 Å². The third kappa shape index (κ3) is 5.10. The molecule has 0 spiro atoms. The van der Waals surface area contributed by atoms with Crippen LogP contribution in [0.25, 0.3) is 16.9 Å². The fourth-order valence-electron chi connectivity index (χ4n) is 2.67. The van der Waals surface area contributed by atoms with E-state index in [1.165, 1.54) is 5.39 Å². The van der Waals surface area contributed by atoms with Crippen LogP contribution in [0, 0.1) is 0 Å². The predicted octanol–water partition coefficient (Wildman–Crippen LogP) is 3.70. The fourth-order valence-corrected chi connectivity index (χ4v) is 2.91. The summed E-state index contributed by atoms with van der Waals surface area (Å²) in [6, 6.07) is 20.2. The molecular formula is C21H26N4O2S. The number of benzene rings is 2. The van der Waals surface area contributed by atoms with Gasteiger partial charge in [-0.25, -0.2) is 4.98 Å². The van der Waals surface area contributed by atoms with Crippen molar-refractivity contribution < 1.29 is 11.0 Å². The Labute approximate surface area is 170 Å². The van der Waals surface area contributed by atoms with Crippen LogP contribution >= 0.6 is 12.6 Å². The number of hydrogen-bond donors (Lipinski definition) is 2. The lowest BCUT2D eigenvalue weighted by atomic mass is 10.2. The topological polar surface area (TPSA) is 106 Å². The number of fused-ring (bicyclic) bond motifs is 1. The summed E-state index contributed by atoms with van der Waals surface area (Å²) in [6.45, 7) is 4.67. The lowest BCUT2D eigenvalue weighted by Gasteiger charge is -2.09. The Morgan fingerprint density at radius 2 is 1.64 bits per heavy atom. The van der Waals surface area contributed by atoms with Crippen LogP contribution in [0.4, 0.5) is 5.82 Å². The summed E-state index contributed by atoms with van der Waals surface area (Å²) in [4.78, 5) is 10.00. The van der Waals surface area contributed by atoms with Crippen molar-refractivity contribution in [3.8, 4) is 5.95 Å². The minimum Gasteiger partial charge on any atom is -0.412 e. The predicted molar refractivity (Wildman–Crippen MR) is 118 cm³/mol. The van der Waals surface area contributed by atoms with Crippen molar-refractivity contribution >= 4 is 29.3 Å². The molecule has 2 aromatic heterocycles. The Hall–Kier alpha value is -2.87. The van der Waals surface area contributed by atoms with E-state index in [0.29, 0.717) is 12.5 Å². The van der Waals surface area contributed by atoms with Gasteiger partial charge in [0.1, 0.15) is 5.82 Å². The molecule has 0 unspecified atom stereocenters. The molecule has 2 heterocycles. The number of anilines is 1. The second kappa shape index (κ2) is 11.1. The minimum absolute atomic E-state index is 0. The first-order valence-corrected chi connectivity index (χ1v) is 9.16. The molecule has 0 aliphatic carbocycles. The lowest BCUT2D eigenvalue weighted by molar-refractivity contribution is 0.823. The molecule has 4 rings (SSSR count). The van der Waals surface area contributed by atoms with Gasteiger partial charge < -0.3 is 16.3 Å². The molecular weight excluding hydrogens is 372 g/mol. The van der Waals surface area contributed by atoms with Crippen molar-refractivity contribution in [3.63, 3.8) is 0 Å². The van der Waals surface area contributed by atoms with E-state index in [0.717, 1.165) is 21.8 Å². The first-order valence-electron chi connectivity index (χ1n) is 8.71. The molecule has 6 nitrogen and oxygen atoms in total. The summed E-state index contributed by atoms with van der Waals surface area (Å²) < 4.78 is 1.99. The second-order valence-electron chi connectivity index (χ2n) is 5.47. The van der Waals surface area contributed by atoms with Crippen LogP contribution in [-0.2, 0) is 6.54 Å². The highest BCUT2D eigenvalue weighted by Gasteiger charge is 2.06. The molecule has 0 saturated carbocycles. The largest absolute Gasteiger partial charge is 0.412 e. The molecule has 0 aliphatic heterocycles. The van der Waals surface area contributed by atoms with Crippen molar-refractivity contribution in [3.05, 3.63) is 78.6 Å². The summed E-state index contributed by atoms with van der Waals surface area (Å²) in [5.74, 6) is 1.44. The van der Waals surface area contributed by atoms with Crippen LogP contribution in [0.5, 0.6) is 0 Å². The highest BCUT2D eigenvalue weighted by Crippen LogP contribution is 2.19. The molecule has 7 heteroatoms. The zero-order valence-electron chi connectivity index (χ0n) is 15.9. The van der Waals surface area contributed by atoms with Crippen molar-refractivity contribution in [2.75, 3.05) is 5.32 Å². The molecule has 0 amide bonds. The second-order valence-corrected chi connectivity index (χ2v) is 5.95. The van der Waals surface area contributed by atoms with Crippen molar-refractivity contribution in [2.45, 2.75) is 25.3 Å². The van der Waals surface area contributed by atoms with E-state index in [9.17, 15) is 0 Å². The van der Waals surface area contributed by atoms with Crippen molar-refractivity contribution in [1.29, 1.82) is 0 Å². The molecule has 2 aromatic carbocycles. The number of aromatic nitrogens is 3. The third-order valence-electron chi connectivity index (χ3n) is 3.91. The summed E-state index contributed by atoms with van der Waals surface area (Å²) in [5.41, 5.74) is 2.22. The normalized spacial score (nSPS) is 9.54. The quantitative estimate of drug-likeness (QED) is 0.512. The number of rotatable bonds is 4. The minimum atomic E-state index is 0. The van der Waals surface area contributed by atoms with Gasteiger partial charge in [0.25, 0.3) is 0 Å². The first-order chi connectivity index (χ1) is 12.8.